The Hall–Kier alpha value is -3.04. The molecule has 0 fully saturated rings. The molecule has 8 heteroatoms. The summed E-state index contributed by atoms with van der Waals surface area (Å²) in [7, 11) is 0. The first-order valence-corrected chi connectivity index (χ1v) is 15.2. The lowest BCUT2D eigenvalue weighted by Crippen LogP contribution is -2.31. The largest absolute Gasteiger partial charge is 0.285 e. The number of rotatable bonds is 0. The van der Waals surface area contributed by atoms with Crippen LogP contribution in [0.25, 0.3) is 65.0 Å². The van der Waals surface area contributed by atoms with E-state index >= 15 is 0 Å². The van der Waals surface area contributed by atoms with E-state index in [0.717, 1.165) is 8.95 Å². The zero-order valence-electron chi connectivity index (χ0n) is 20.1. The van der Waals surface area contributed by atoms with Crippen molar-refractivity contribution in [3.05, 3.63) is 132 Å². The molecule has 40 heavy (non-hydrogen) atoms. The van der Waals surface area contributed by atoms with E-state index in [1.54, 1.807) is 0 Å². The van der Waals surface area contributed by atoms with Crippen molar-refractivity contribution in [2.24, 2.45) is 0 Å². The van der Waals surface area contributed by atoms with Crippen LogP contribution in [-0.2, 0) is 0 Å². The quantitative estimate of drug-likeness (QED) is 0.114. The van der Waals surface area contributed by atoms with Crippen molar-refractivity contribution in [3.63, 3.8) is 0 Å². The second-order valence-corrected chi connectivity index (χ2v) is 12.9. The molecule has 0 saturated heterocycles. The van der Waals surface area contributed by atoms with E-state index in [1.165, 1.54) is 56.6 Å². The summed E-state index contributed by atoms with van der Waals surface area (Å²) >= 11 is 13.8. The molecule has 0 radical (unpaired) electrons. The summed E-state index contributed by atoms with van der Waals surface area (Å²) in [4.78, 5) is 49.4. The predicted octanol–water partition coefficient (Wildman–Crippen LogP) is 8.49. The molecule has 0 spiro atoms. The molecule has 0 bridgehead atoms. The molecule has 2 aliphatic rings. The van der Waals surface area contributed by atoms with Gasteiger partial charge in [-0.2, -0.15) is 0 Å². The maximum absolute atomic E-state index is 12.4. The van der Waals surface area contributed by atoms with E-state index in [9.17, 15) is 19.2 Å². The molecule has 0 N–H and O–H groups in total. The topological polar surface area (TPSA) is 68.3 Å². The van der Waals surface area contributed by atoms with Crippen molar-refractivity contribution < 1.29 is 0 Å². The first-order chi connectivity index (χ1) is 19.2. The molecule has 6 aromatic rings. The predicted molar refractivity (Wildman–Crippen MR) is 178 cm³/mol. The molecule has 0 saturated carbocycles. The minimum atomic E-state index is -0.684. The zero-order valence-corrected chi connectivity index (χ0v) is 26.4. The smallest absolute Gasteiger partial charge is 0.235 e. The standard InChI is InChI=1S/C16H4Br2O4.C16H8Br2/c17-7-3-1-5-9-10-6(14(20)13(5)19)2-4-8(18)12(10)16(22)15(21)11(7)9;17-13-7-3-9-1-2-10-4-8-14(18)12-6-5-11(13)15(9)16(10)12/h1-4H;1-8H. The molecule has 0 atom stereocenters. The normalized spacial score (nSPS) is 11.9. The van der Waals surface area contributed by atoms with Crippen LogP contribution in [0.2, 0.25) is 0 Å². The minimum Gasteiger partial charge on any atom is -0.285 e. The number of hydrogen-bond donors (Lipinski definition) is 0. The second kappa shape index (κ2) is 9.24. The van der Waals surface area contributed by atoms with Gasteiger partial charge < -0.3 is 0 Å². The van der Waals surface area contributed by atoms with Crippen LogP contribution in [0.1, 0.15) is 0 Å². The van der Waals surface area contributed by atoms with E-state index in [-0.39, 0.29) is 21.5 Å². The van der Waals surface area contributed by atoms with E-state index < -0.39 is 21.7 Å². The van der Waals surface area contributed by atoms with Gasteiger partial charge in [0, 0.05) is 50.6 Å². The summed E-state index contributed by atoms with van der Waals surface area (Å²) in [5.41, 5.74) is -1.95. The van der Waals surface area contributed by atoms with Gasteiger partial charge in [-0.15, -0.1) is 0 Å². The Balaban J connectivity index is 0.000000135. The number of benzene rings is 8. The van der Waals surface area contributed by atoms with Crippen molar-refractivity contribution in [2.45, 2.75) is 0 Å². The Morgan fingerprint density at radius 3 is 1.05 bits per heavy atom. The number of hydrogen-bond acceptors (Lipinski definition) is 4. The highest BCUT2D eigenvalue weighted by Gasteiger charge is 2.27. The summed E-state index contributed by atoms with van der Waals surface area (Å²) in [5, 5.41) is 8.47. The van der Waals surface area contributed by atoms with Gasteiger partial charge in [0.15, 0.2) is 0 Å². The molecular weight excluding hydrogens is 768 g/mol. The lowest BCUT2D eigenvalue weighted by Gasteiger charge is -2.15. The van der Waals surface area contributed by atoms with Gasteiger partial charge in [0.1, 0.15) is 0 Å². The number of halogens is 4. The third-order valence-corrected chi connectivity index (χ3v) is 10.2. The summed E-state index contributed by atoms with van der Waals surface area (Å²) < 4.78 is 3.18. The maximum Gasteiger partial charge on any atom is 0.235 e. The summed E-state index contributed by atoms with van der Waals surface area (Å²) in [6.07, 6.45) is 0. The average molecular weight is 780 g/mol. The summed E-state index contributed by atoms with van der Waals surface area (Å²) in [6.45, 7) is 0. The van der Waals surface area contributed by atoms with Gasteiger partial charge in [0.2, 0.25) is 21.7 Å². The van der Waals surface area contributed by atoms with Crippen LogP contribution in [-0.4, -0.2) is 0 Å². The SMILES string of the molecule is Brc1ccc2ccc3ccc(Br)c4ccc1c2c34.O=c1c(=O)c2ccc(Br)c3c2-c2c1ccc(Br)c2c(=O)c3=O. The van der Waals surface area contributed by atoms with Crippen molar-refractivity contribution in [1.29, 1.82) is 0 Å². The fraction of sp³-hybridized carbons (Fsp3) is 0. The first kappa shape index (κ1) is 25.9. The van der Waals surface area contributed by atoms with E-state index in [4.69, 9.17) is 0 Å². The molecule has 192 valence electrons. The van der Waals surface area contributed by atoms with Crippen LogP contribution in [0.15, 0.2) is 110 Å². The van der Waals surface area contributed by atoms with Gasteiger partial charge in [-0.05, 0) is 68.7 Å². The van der Waals surface area contributed by atoms with Crippen molar-refractivity contribution >= 4 is 118 Å². The fourth-order valence-corrected chi connectivity index (χ4v) is 7.64. The second-order valence-electron chi connectivity index (χ2n) is 9.52. The van der Waals surface area contributed by atoms with Crippen molar-refractivity contribution in [3.8, 4) is 11.1 Å². The highest BCUT2D eigenvalue weighted by Crippen LogP contribution is 2.41. The molecule has 8 rings (SSSR count). The van der Waals surface area contributed by atoms with Crippen LogP contribution in [0, 0.1) is 0 Å². The Kier molecular flexibility index (Phi) is 5.98. The lowest BCUT2D eigenvalue weighted by atomic mass is 9.87. The Morgan fingerprint density at radius 1 is 0.325 bits per heavy atom. The molecule has 4 nitrogen and oxygen atoms in total. The Labute approximate surface area is 258 Å². The van der Waals surface area contributed by atoms with Crippen molar-refractivity contribution in [1.82, 2.24) is 0 Å². The highest BCUT2D eigenvalue weighted by atomic mass is 79.9. The van der Waals surface area contributed by atoms with Crippen LogP contribution >= 0.6 is 63.7 Å². The van der Waals surface area contributed by atoms with Crippen LogP contribution in [0.3, 0.4) is 0 Å². The van der Waals surface area contributed by atoms with E-state index in [2.05, 4.69) is 112 Å². The third kappa shape index (κ3) is 3.52. The Morgan fingerprint density at radius 2 is 0.650 bits per heavy atom. The van der Waals surface area contributed by atoms with Gasteiger partial charge >= 0.3 is 0 Å². The van der Waals surface area contributed by atoms with E-state index in [1.807, 2.05) is 0 Å². The molecule has 2 aliphatic carbocycles. The van der Waals surface area contributed by atoms with Gasteiger partial charge in [-0.25, -0.2) is 0 Å². The molecule has 0 aliphatic heterocycles. The molecule has 0 unspecified atom stereocenters. The Bertz CT molecular complexity index is 2340. The monoisotopic (exact) mass is 776 g/mol. The van der Waals surface area contributed by atoms with Gasteiger partial charge in [-0.3, -0.25) is 19.2 Å². The van der Waals surface area contributed by atoms with Crippen molar-refractivity contribution in [2.75, 3.05) is 0 Å². The van der Waals surface area contributed by atoms with Gasteiger partial charge in [-0.1, -0.05) is 100 Å². The first-order valence-electron chi connectivity index (χ1n) is 12.0. The van der Waals surface area contributed by atoms with Crippen LogP contribution < -0.4 is 21.7 Å². The zero-order chi connectivity index (χ0) is 28.0. The fourth-order valence-electron chi connectivity index (χ4n) is 5.70. The van der Waals surface area contributed by atoms with Gasteiger partial charge in [0.25, 0.3) is 0 Å². The molecule has 0 heterocycles. The highest BCUT2D eigenvalue weighted by molar-refractivity contribution is 9.11. The lowest BCUT2D eigenvalue weighted by molar-refractivity contribution is 1.48. The molecule has 0 aromatic heterocycles. The third-order valence-electron chi connectivity index (χ3n) is 7.47. The molecule has 6 aromatic carbocycles. The maximum atomic E-state index is 12.4. The summed E-state index contributed by atoms with van der Waals surface area (Å²) in [6, 6.07) is 23.4. The van der Waals surface area contributed by atoms with E-state index in [0.29, 0.717) is 20.1 Å². The average Bonchev–Trinajstić information content (AvgIpc) is 2.95. The minimum absolute atomic E-state index is 0.148. The summed E-state index contributed by atoms with van der Waals surface area (Å²) in [5.74, 6) is 0. The van der Waals surface area contributed by atoms with Gasteiger partial charge in [0.05, 0.1) is 0 Å². The molecule has 0 amide bonds. The molecular formula is C32H12Br4O4. The van der Waals surface area contributed by atoms with Crippen LogP contribution in [0.5, 0.6) is 0 Å². The van der Waals surface area contributed by atoms with Crippen LogP contribution in [0.4, 0.5) is 0 Å².